The van der Waals surface area contributed by atoms with Crippen LogP contribution in [0.15, 0.2) is 18.3 Å². The van der Waals surface area contributed by atoms with Gasteiger partial charge in [0.25, 0.3) is 0 Å². The Labute approximate surface area is 123 Å². The molecule has 1 N–H and O–H groups in total. The van der Waals surface area contributed by atoms with Gasteiger partial charge in [0, 0.05) is 31.0 Å². The van der Waals surface area contributed by atoms with Gasteiger partial charge < -0.3 is 10.2 Å². The number of hydrogen-bond donors (Lipinski definition) is 1. The summed E-state index contributed by atoms with van der Waals surface area (Å²) in [6, 6.07) is 5.20. The summed E-state index contributed by atoms with van der Waals surface area (Å²) < 4.78 is 0. The highest BCUT2D eigenvalue weighted by molar-refractivity contribution is 5.48. The first kappa shape index (κ1) is 15.3. The van der Waals surface area contributed by atoms with E-state index in [-0.39, 0.29) is 0 Å². The number of rotatable bonds is 9. The van der Waals surface area contributed by atoms with Gasteiger partial charge in [-0.25, -0.2) is 0 Å². The van der Waals surface area contributed by atoms with Crippen molar-refractivity contribution >= 4 is 5.69 Å². The van der Waals surface area contributed by atoms with Gasteiger partial charge in [0.15, 0.2) is 0 Å². The third kappa shape index (κ3) is 4.78. The minimum absolute atomic E-state index is 0.767. The molecular weight excluding hydrogens is 246 g/mol. The Hall–Kier alpha value is -1.09. The van der Waals surface area contributed by atoms with Gasteiger partial charge >= 0.3 is 0 Å². The van der Waals surface area contributed by atoms with Crippen LogP contribution < -0.4 is 10.2 Å². The van der Waals surface area contributed by atoms with Crippen LogP contribution in [0.2, 0.25) is 0 Å². The number of aromatic nitrogens is 1. The Morgan fingerprint density at radius 1 is 1.40 bits per heavy atom. The molecule has 1 fully saturated rings. The van der Waals surface area contributed by atoms with E-state index in [9.17, 15) is 0 Å². The van der Waals surface area contributed by atoms with Crippen LogP contribution in [0.25, 0.3) is 0 Å². The van der Waals surface area contributed by atoms with Crippen molar-refractivity contribution in [3.8, 4) is 0 Å². The first-order valence-electron chi connectivity index (χ1n) is 8.13. The van der Waals surface area contributed by atoms with E-state index in [1.54, 1.807) is 0 Å². The van der Waals surface area contributed by atoms with Gasteiger partial charge in [-0.1, -0.05) is 20.8 Å². The summed E-state index contributed by atoms with van der Waals surface area (Å²) in [6.45, 7) is 9.91. The highest BCUT2D eigenvalue weighted by Crippen LogP contribution is 2.32. The lowest BCUT2D eigenvalue weighted by Crippen LogP contribution is -2.28. The molecule has 0 saturated heterocycles. The highest BCUT2D eigenvalue weighted by atomic mass is 15.2. The Kier molecular flexibility index (Phi) is 5.84. The van der Waals surface area contributed by atoms with Crippen LogP contribution in [0.5, 0.6) is 0 Å². The fourth-order valence-corrected chi connectivity index (χ4v) is 2.44. The number of hydrogen-bond acceptors (Lipinski definition) is 3. The molecule has 1 heterocycles. The van der Waals surface area contributed by atoms with Crippen LogP contribution in [0, 0.1) is 5.92 Å². The van der Waals surface area contributed by atoms with Gasteiger partial charge in [0.1, 0.15) is 0 Å². The molecule has 0 aliphatic heterocycles. The van der Waals surface area contributed by atoms with Crippen molar-refractivity contribution in [2.75, 3.05) is 18.0 Å². The monoisotopic (exact) mass is 275 g/mol. The van der Waals surface area contributed by atoms with Gasteiger partial charge in [-0.05, 0) is 50.3 Å². The molecule has 0 unspecified atom stereocenters. The summed E-state index contributed by atoms with van der Waals surface area (Å²) in [5, 5.41) is 3.43. The van der Waals surface area contributed by atoms with E-state index < -0.39 is 0 Å². The lowest BCUT2D eigenvalue weighted by molar-refractivity contribution is 0.570. The van der Waals surface area contributed by atoms with Crippen molar-refractivity contribution in [2.45, 2.75) is 59.0 Å². The molecule has 20 heavy (non-hydrogen) atoms. The zero-order chi connectivity index (χ0) is 14.4. The van der Waals surface area contributed by atoms with Crippen molar-refractivity contribution in [1.82, 2.24) is 10.3 Å². The molecule has 0 bridgehead atoms. The maximum Gasteiger partial charge on any atom is 0.0562 e. The van der Waals surface area contributed by atoms with Gasteiger partial charge in [0.2, 0.25) is 0 Å². The third-order valence-electron chi connectivity index (χ3n) is 3.80. The van der Waals surface area contributed by atoms with E-state index in [0.29, 0.717) is 0 Å². The number of nitrogens with one attached hydrogen (secondary N) is 1. The molecule has 1 aromatic heterocycles. The molecule has 1 saturated carbocycles. The van der Waals surface area contributed by atoms with E-state index in [4.69, 9.17) is 0 Å². The summed E-state index contributed by atoms with van der Waals surface area (Å²) in [6.07, 6.45) is 7.10. The van der Waals surface area contributed by atoms with Gasteiger partial charge in [0.05, 0.1) is 5.69 Å². The normalized spacial score (nSPS) is 14.8. The SMILES string of the molecule is CCCNCc1cc(N(CCC(C)C)C2CC2)ccn1. The van der Waals surface area contributed by atoms with E-state index >= 15 is 0 Å². The zero-order valence-electron chi connectivity index (χ0n) is 13.2. The molecule has 0 radical (unpaired) electrons. The average molecular weight is 275 g/mol. The quantitative estimate of drug-likeness (QED) is 0.698. The van der Waals surface area contributed by atoms with Crippen LogP contribution in [-0.2, 0) is 6.54 Å². The van der Waals surface area contributed by atoms with Crippen LogP contribution >= 0.6 is 0 Å². The van der Waals surface area contributed by atoms with Crippen molar-refractivity contribution < 1.29 is 0 Å². The Balaban J connectivity index is 1.98. The number of anilines is 1. The summed E-state index contributed by atoms with van der Waals surface area (Å²) >= 11 is 0. The fourth-order valence-electron chi connectivity index (χ4n) is 2.44. The topological polar surface area (TPSA) is 28.2 Å². The van der Waals surface area contributed by atoms with E-state index in [1.807, 2.05) is 6.20 Å². The summed E-state index contributed by atoms with van der Waals surface area (Å²) in [5.41, 5.74) is 2.52. The molecule has 0 spiro atoms. The maximum atomic E-state index is 4.48. The largest absolute Gasteiger partial charge is 0.368 e. The van der Waals surface area contributed by atoms with Crippen molar-refractivity contribution in [3.63, 3.8) is 0 Å². The summed E-state index contributed by atoms with van der Waals surface area (Å²) in [5.74, 6) is 0.767. The Bertz CT molecular complexity index is 399. The molecular formula is C17H29N3. The van der Waals surface area contributed by atoms with E-state index in [1.165, 1.54) is 37.9 Å². The zero-order valence-corrected chi connectivity index (χ0v) is 13.2. The third-order valence-corrected chi connectivity index (χ3v) is 3.80. The molecule has 1 aromatic rings. The predicted octanol–water partition coefficient (Wildman–Crippen LogP) is 3.60. The maximum absolute atomic E-state index is 4.48. The predicted molar refractivity (Wildman–Crippen MR) is 86.1 cm³/mol. The summed E-state index contributed by atoms with van der Waals surface area (Å²) in [4.78, 5) is 7.07. The van der Waals surface area contributed by atoms with Crippen molar-refractivity contribution in [3.05, 3.63) is 24.0 Å². The first-order chi connectivity index (χ1) is 9.70. The smallest absolute Gasteiger partial charge is 0.0562 e. The first-order valence-corrected chi connectivity index (χ1v) is 8.13. The molecule has 112 valence electrons. The molecule has 0 aromatic carbocycles. The van der Waals surface area contributed by atoms with Crippen LogP contribution in [0.3, 0.4) is 0 Å². The van der Waals surface area contributed by atoms with Crippen LogP contribution in [0.1, 0.15) is 52.1 Å². The lowest BCUT2D eigenvalue weighted by atomic mass is 10.1. The van der Waals surface area contributed by atoms with Gasteiger partial charge in [-0.2, -0.15) is 0 Å². The van der Waals surface area contributed by atoms with E-state index in [0.717, 1.165) is 30.7 Å². The molecule has 1 aliphatic carbocycles. The van der Waals surface area contributed by atoms with Crippen molar-refractivity contribution in [1.29, 1.82) is 0 Å². The molecule has 1 aliphatic rings. The second kappa shape index (κ2) is 7.63. The second-order valence-corrected chi connectivity index (χ2v) is 6.29. The second-order valence-electron chi connectivity index (χ2n) is 6.29. The van der Waals surface area contributed by atoms with Gasteiger partial charge in [-0.3, -0.25) is 4.98 Å². The minimum Gasteiger partial charge on any atom is -0.368 e. The molecule has 2 rings (SSSR count). The molecule has 3 heteroatoms. The van der Waals surface area contributed by atoms with E-state index in [2.05, 4.69) is 48.1 Å². The molecule has 0 atom stereocenters. The Morgan fingerprint density at radius 2 is 2.20 bits per heavy atom. The highest BCUT2D eigenvalue weighted by Gasteiger charge is 2.29. The number of nitrogens with zero attached hydrogens (tertiary/aromatic N) is 2. The average Bonchev–Trinajstić information content (AvgIpc) is 3.24. The minimum atomic E-state index is 0.767. The number of pyridine rings is 1. The molecule has 0 amide bonds. The van der Waals surface area contributed by atoms with Crippen LogP contribution in [0.4, 0.5) is 5.69 Å². The summed E-state index contributed by atoms with van der Waals surface area (Å²) in [7, 11) is 0. The van der Waals surface area contributed by atoms with Gasteiger partial charge in [-0.15, -0.1) is 0 Å². The Morgan fingerprint density at radius 3 is 2.85 bits per heavy atom. The molecule has 3 nitrogen and oxygen atoms in total. The van der Waals surface area contributed by atoms with Crippen molar-refractivity contribution in [2.24, 2.45) is 5.92 Å². The lowest BCUT2D eigenvalue weighted by Gasteiger charge is -2.26. The standard InChI is InChI=1S/C17H29N3/c1-4-9-18-13-15-12-17(7-10-19-15)20(16-5-6-16)11-8-14(2)3/h7,10,12,14,16,18H,4-6,8-9,11,13H2,1-3H3. The fraction of sp³-hybridized carbons (Fsp3) is 0.706. The van der Waals surface area contributed by atoms with Crippen LogP contribution in [-0.4, -0.2) is 24.1 Å².